The average Bonchev–Trinajstić information content (AvgIpc) is 2.49. The van der Waals surface area contributed by atoms with Crippen molar-refractivity contribution in [3.63, 3.8) is 0 Å². The summed E-state index contributed by atoms with van der Waals surface area (Å²) in [6, 6.07) is 13.0. The number of ether oxygens (including phenoxy) is 1. The van der Waals surface area contributed by atoms with E-state index in [1.807, 2.05) is 43.3 Å². The molecule has 0 saturated carbocycles. The molecule has 1 aliphatic rings. The zero-order chi connectivity index (χ0) is 16.4. The van der Waals surface area contributed by atoms with E-state index in [0.717, 1.165) is 15.7 Å². The largest absolute Gasteiger partial charge is 0.423 e. The van der Waals surface area contributed by atoms with Crippen molar-refractivity contribution < 1.29 is 14.3 Å². The van der Waals surface area contributed by atoms with Crippen molar-refractivity contribution in [2.45, 2.75) is 6.92 Å². The standard InChI is InChI=1S/C17H15BrN2O3/c1-11-6-7-14-15(8-11)23-17(22)10-20(14)9-16(21)19-13-5-3-2-4-12(13)18/h2-8H,9-10H2,1H3,(H,19,21). The summed E-state index contributed by atoms with van der Waals surface area (Å²) in [6.07, 6.45) is 0. The van der Waals surface area contributed by atoms with Crippen LogP contribution in [0.25, 0.3) is 0 Å². The number of carbonyl (C=O) groups excluding carboxylic acids is 2. The second-order valence-corrected chi connectivity index (χ2v) is 6.18. The van der Waals surface area contributed by atoms with Crippen LogP contribution in [0.3, 0.4) is 0 Å². The molecule has 118 valence electrons. The van der Waals surface area contributed by atoms with Gasteiger partial charge in [0.25, 0.3) is 0 Å². The first-order chi connectivity index (χ1) is 11.0. The second-order valence-electron chi connectivity index (χ2n) is 5.33. The van der Waals surface area contributed by atoms with Gasteiger partial charge in [-0.25, -0.2) is 4.79 Å². The van der Waals surface area contributed by atoms with Gasteiger partial charge >= 0.3 is 5.97 Å². The maximum absolute atomic E-state index is 12.3. The predicted octanol–water partition coefficient (Wildman–Crippen LogP) is 3.12. The zero-order valence-corrected chi connectivity index (χ0v) is 14.1. The number of esters is 1. The summed E-state index contributed by atoms with van der Waals surface area (Å²) >= 11 is 3.39. The lowest BCUT2D eigenvalue weighted by atomic mass is 10.1. The molecule has 1 N–H and O–H groups in total. The van der Waals surface area contributed by atoms with Crippen LogP contribution in [0.5, 0.6) is 5.75 Å². The van der Waals surface area contributed by atoms with Gasteiger partial charge in [-0.3, -0.25) is 4.79 Å². The van der Waals surface area contributed by atoms with E-state index in [-0.39, 0.29) is 25.0 Å². The minimum atomic E-state index is -0.364. The quantitative estimate of drug-likeness (QED) is 0.662. The van der Waals surface area contributed by atoms with Crippen molar-refractivity contribution in [2.24, 2.45) is 0 Å². The fraction of sp³-hybridized carbons (Fsp3) is 0.176. The molecule has 0 saturated heterocycles. The Hall–Kier alpha value is -2.34. The van der Waals surface area contributed by atoms with Gasteiger partial charge < -0.3 is 15.0 Å². The van der Waals surface area contributed by atoms with Gasteiger partial charge in [0, 0.05) is 4.47 Å². The van der Waals surface area contributed by atoms with E-state index in [0.29, 0.717) is 11.4 Å². The highest BCUT2D eigenvalue weighted by Gasteiger charge is 2.25. The Bertz CT molecular complexity index is 776. The molecule has 0 spiro atoms. The molecule has 2 aromatic carbocycles. The molecule has 1 amide bonds. The lowest BCUT2D eigenvalue weighted by molar-refractivity contribution is -0.133. The number of nitrogens with zero attached hydrogens (tertiary/aromatic N) is 1. The van der Waals surface area contributed by atoms with Crippen molar-refractivity contribution >= 4 is 39.2 Å². The molecule has 23 heavy (non-hydrogen) atoms. The Labute approximate surface area is 142 Å². The molecule has 6 heteroatoms. The number of hydrogen-bond acceptors (Lipinski definition) is 4. The Morgan fingerprint density at radius 3 is 2.87 bits per heavy atom. The smallest absolute Gasteiger partial charge is 0.331 e. The van der Waals surface area contributed by atoms with Crippen LogP contribution in [0.2, 0.25) is 0 Å². The third-order valence-corrected chi connectivity index (χ3v) is 4.17. The maximum Gasteiger partial charge on any atom is 0.331 e. The van der Waals surface area contributed by atoms with E-state index in [1.165, 1.54) is 0 Å². The fourth-order valence-corrected chi connectivity index (χ4v) is 2.81. The van der Waals surface area contributed by atoms with E-state index in [9.17, 15) is 9.59 Å². The number of carbonyl (C=O) groups is 2. The molecule has 1 aliphatic heterocycles. The Balaban J connectivity index is 1.77. The molecule has 0 fully saturated rings. The van der Waals surface area contributed by atoms with Gasteiger partial charge in [0.15, 0.2) is 5.75 Å². The predicted molar refractivity (Wildman–Crippen MR) is 91.8 cm³/mol. The number of halogens is 1. The number of nitrogens with one attached hydrogen (secondary N) is 1. The van der Waals surface area contributed by atoms with Gasteiger partial charge in [0.1, 0.15) is 6.54 Å². The normalized spacial score (nSPS) is 13.3. The second kappa shape index (κ2) is 6.42. The molecule has 0 aromatic heterocycles. The van der Waals surface area contributed by atoms with Gasteiger partial charge in [0.05, 0.1) is 17.9 Å². The highest BCUT2D eigenvalue weighted by Crippen LogP contribution is 2.32. The first-order valence-corrected chi connectivity index (χ1v) is 7.93. The van der Waals surface area contributed by atoms with Gasteiger partial charge in [-0.1, -0.05) is 18.2 Å². The molecule has 0 unspecified atom stereocenters. The highest BCUT2D eigenvalue weighted by atomic mass is 79.9. The van der Waals surface area contributed by atoms with Crippen molar-refractivity contribution in [2.75, 3.05) is 23.3 Å². The molecule has 0 radical (unpaired) electrons. The zero-order valence-electron chi connectivity index (χ0n) is 12.5. The third-order valence-electron chi connectivity index (χ3n) is 3.48. The van der Waals surface area contributed by atoms with Crippen molar-refractivity contribution in [3.8, 4) is 5.75 Å². The molecule has 0 atom stereocenters. The SMILES string of the molecule is Cc1ccc2c(c1)OC(=O)CN2CC(=O)Nc1ccccc1Br. The van der Waals surface area contributed by atoms with E-state index < -0.39 is 0 Å². The summed E-state index contributed by atoms with van der Waals surface area (Å²) in [6.45, 7) is 2.05. The van der Waals surface area contributed by atoms with Crippen LogP contribution >= 0.6 is 15.9 Å². The van der Waals surface area contributed by atoms with Crippen LogP contribution in [0.15, 0.2) is 46.9 Å². The van der Waals surface area contributed by atoms with Crippen molar-refractivity contribution in [1.29, 1.82) is 0 Å². The Morgan fingerprint density at radius 2 is 2.09 bits per heavy atom. The van der Waals surface area contributed by atoms with Gasteiger partial charge in [0.2, 0.25) is 5.91 Å². The van der Waals surface area contributed by atoms with E-state index in [4.69, 9.17) is 4.74 Å². The number of amides is 1. The summed E-state index contributed by atoms with van der Waals surface area (Å²) in [7, 11) is 0. The Kier molecular flexibility index (Phi) is 4.34. The summed E-state index contributed by atoms with van der Waals surface area (Å²) in [5, 5.41) is 2.83. The molecule has 0 aliphatic carbocycles. The minimum Gasteiger partial charge on any atom is -0.423 e. The van der Waals surface area contributed by atoms with Gasteiger partial charge in [-0.2, -0.15) is 0 Å². The van der Waals surface area contributed by atoms with Crippen LogP contribution in [-0.4, -0.2) is 25.0 Å². The summed E-state index contributed by atoms with van der Waals surface area (Å²) in [4.78, 5) is 25.7. The molecule has 0 bridgehead atoms. The number of para-hydroxylation sites is 1. The van der Waals surface area contributed by atoms with Crippen LogP contribution in [0, 0.1) is 6.92 Å². The molecule has 5 nitrogen and oxygen atoms in total. The van der Waals surface area contributed by atoms with Crippen molar-refractivity contribution in [1.82, 2.24) is 0 Å². The lowest BCUT2D eigenvalue weighted by Gasteiger charge is -2.29. The third kappa shape index (κ3) is 3.53. The highest BCUT2D eigenvalue weighted by molar-refractivity contribution is 9.10. The summed E-state index contributed by atoms with van der Waals surface area (Å²) < 4.78 is 6.05. The van der Waals surface area contributed by atoms with Gasteiger partial charge in [-0.05, 0) is 52.7 Å². The van der Waals surface area contributed by atoms with E-state index in [1.54, 1.807) is 11.0 Å². The van der Waals surface area contributed by atoms with Crippen LogP contribution < -0.4 is 15.0 Å². The van der Waals surface area contributed by atoms with E-state index in [2.05, 4.69) is 21.2 Å². The average molecular weight is 375 g/mol. The van der Waals surface area contributed by atoms with Crippen molar-refractivity contribution in [3.05, 3.63) is 52.5 Å². The summed E-state index contributed by atoms with van der Waals surface area (Å²) in [5.74, 6) is -0.0649. The van der Waals surface area contributed by atoms with Crippen LogP contribution in [-0.2, 0) is 9.59 Å². The molecular weight excluding hydrogens is 360 g/mol. The lowest BCUT2D eigenvalue weighted by Crippen LogP contribution is -2.41. The molecular formula is C17H15BrN2O3. The van der Waals surface area contributed by atoms with E-state index >= 15 is 0 Å². The first-order valence-electron chi connectivity index (χ1n) is 7.13. The number of benzene rings is 2. The number of anilines is 2. The summed E-state index contributed by atoms with van der Waals surface area (Å²) in [5.41, 5.74) is 2.44. The molecule has 1 heterocycles. The number of rotatable bonds is 3. The molecule has 3 rings (SSSR count). The first kappa shape index (κ1) is 15.6. The molecule has 2 aromatic rings. The number of hydrogen-bond donors (Lipinski definition) is 1. The topological polar surface area (TPSA) is 58.6 Å². The monoisotopic (exact) mass is 374 g/mol. The van der Waals surface area contributed by atoms with Gasteiger partial charge in [-0.15, -0.1) is 0 Å². The Morgan fingerprint density at radius 1 is 1.30 bits per heavy atom. The van der Waals surface area contributed by atoms with Crippen LogP contribution in [0.1, 0.15) is 5.56 Å². The fourth-order valence-electron chi connectivity index (χ4n) is 2.43. The number of aryl methyl sites for hydroxylation is 1. The minimum absolute atomic E-state index is 0.0550. The number of fused-ring (bicyclic) bond motifs is 1. The van der Waals surface area contributed by atoms with Crippen LogP contribution in [0.4, 0.5) is 11.4 Å². The maximum atomic E-state index is 12.3.